The molecule has 0 unspecified atom stereocenters. The van der Waals surface area contributed by atoms with Crippen LogP contribution in [0, 0.1) is 5.92 Å². The minimum atomic E-state index is -2.93. The molecule has 5 aliphatic rings. The standard InChI is InChI=1S/C27H41F3N6O2/c1-26(24-32-23(38-33-24)19-14-20(19)28)9-12-35(13-10-26)25(37)31-22-21(4-3-8-27(22,29)30)36-11-7-18(16-36)34(2)15-17-5-6-17/h17-22H,3-16H2,1-2H3,(H,31,37)/t18-,19+,20-,21-,22+/m0/s1. The maximum Gasteiger partial charge on any atom is 0.317 e. The summed E-state index contributed by atoms with van der Waals surface area (Å²) in [6.07, 6.45) is 5.26. The number of hydrogen-bond donors (Lipinski definition) is 1. The Balaban J connectivity index is 1.06. The third-order valence-electron chi connectivity index (χ3n) is 9.82. The monoisotopic (exact) mass is 538 g/mol. The van der Waals surface area contributed by atoms with Gasteiger partial charge in [-0.2, -0.15) is 4.98 Å². The highest BCUT2D eigenvalue weighted by molar-refractivity contribution is 5.75. The van der Waals surface area contributed by atoms with E-state index in [1.807, 2.05) is 6.92 Å². The Bertz CT molecular complexity index is 1010. The normalized spacial score (nSPS) is 35.0. The van der Waals surface area contributed by atoms with Crippen LogP contribution in [0.3, 0.4) is 0 Å². The Hall–Kier alpha value is -1.88. The number of rotatable bonds is 7. The molecule has 2 aliphatic heterocycles. The third-order valence-corrected chi connectivity index (χ3v) is 9.82. The zero-order chi connectivity index (χ0) is 26.7. The molecule has 0 bridgehead atoms. The fraction of sp³-hybridized carbons (Fsp3) is 0.889. The van der Waals surface area contributed by atoms with Gasteiger partial charge in [0.2, 0.25) is 5.89 Å². The van der Waals surface area contributed by atoms with Crippen molar-refractivity contribution >= 4 is 6.03 Å². The molecule has 5 fully saturated rings. The Morgan fingerprint density at radius 3 is 2.58 bits per heavy atom. The summed E-state index contributed by atoms with van der Waals surface area (Å²) in [5.74, 6) is -1.53. The van der Waals surface area contributed by atoms with Crippen LogP contribution >= 0.6 is 0 Å². The highest BCUT2D eigenvalue weighted by atomic mass is 19.3. The SMILES string of the molecule is CN(CC1CC1)[C@H]1CCN([C@H]2CCCC(F)(F)[C@@H]2NC(=O)N2CCC(C)(c3noc([C@@H]4C[C@@H]4F)n3)CC2)C1. The maximum absolute atomic E-state index is 15.3. The minimum absolute atomic E-state index is 0.188. The Labute approximate surface area is 222 Å². The predicted molar refractivity (Wildman–Crippen MR) is 135 cm³/mol. The largest absolute Gasteiger partial charge is 0.339 e. The molecule has 0 radical (unpaired) electrons. The topological polar surface area (TPSA) is 77.7 Å². The second kappa shape index (κ2) is 9.94. The Morgan fingerprint density at radius 2 is 1.89 bits per heavy atom. The molecule has 3 saturated carbocycles. The second-order valence-electron chi connectivity index (χ2n) is 12.8. The van der Waals surface area contributed by atoms with Gasteiger partial charge in [-0.05, 0) is 64.3 Å². The van der Waals surface area contributed by atoms with Crippen molar-refractivity contribution in [3.05, 3.63) is 11.7 Å². The van der Waals surface area contributed by atoms with Crippen LogP contribution < -0.4 is 5.32 Å². The van der Waals surface area contributed by atoms with E-state index in [2.05, 4.69) is 32.3 Å². The molecule has 0 aromatic carbocycles. The molecule has 2 saturated heterocycles. The summed E-state index contributed by atoms with van der Waals surface area (Å²) >= 11 is 0. The van der Waals surface area contributed by atoms with Crippen molar-refractivity contribution in [2.75, 3.05) is 39.8 Å². The summed E-state index contributed by atoms with van der Waals surface area (Å²) in [5.41, 5.74) is -0.395. The van der Waals surface area contributed by atoms with Crippen LogP contribution in [0.1, 0.15) is 82.3 Å². The van der Waals surface area contributed by atoms with Crippen molar-refractivity contribution in [3.8, 4) is 0 Å². The van der Waals surface area contributed by atoms with E-state index in [0.29, 0.717) is 63.0 Å². The van der Waals surface area contributed by atoms with Gasteiger partial charge in [-0.1, -0.05) is 12.1 Å². The number of nitrogens with one attached hydrogen (secondary N) is 1. The van der Waals surface area contributed by atoms with Crippen LogP contribution in [0.4, 0.5) is 18.0 Å². The number of likely N-dealkylation sites (N-methyl/N-ethyl adjacent to an activating group) is 1. The molecule has 1 N–H and O–H groups in total. The van der Waals surface area contributed by atoms with E-state index in [9.17, 15) is 9.18 Å². The molecule has 0 spiro atoms. The van der Waals surface area contributed by atoms with Crippen molar-refractivity contribution in [2.24, 2.45) is 5.92 Å². The molecule has 3 heterocycles. The number of piperidine rings is 1. The number of halogens is 3. The lowest BCUT2D eigenvalue weighted by Crippen LogP contribution is -2.64. The maximum atomic E-state index is 15.3. The van der Waals surface area contributed by atoms with Crippen LogP contribution in [0.15, 0.2) is 4.52 Å². The highest BCUT2D eigenvalue weighted by Gasteiger charge is 2.51. The number of nitrogens with zero attached hydrogens (tertiary/aromatic N) is 5. The number of amides is 2. The smallest absolute Gasteiger partial charge is 0.317 e. The number of hydrogen-bond acceptors (Lipinski definition) is 6. The number of carbonyl (C=O) groups is 1. The van der Waals surface area contributed by atoms with Crippen molar-refractivity contribution < 1.29 is 22.5 Å². The lowest BCUT2D eigenvalue weighted by molar-refractivity contribution is -0.0898. The van der Waals surface area contributed by atoms with Crippen LogP contribution in [0.5, 0.6) is 0 Å². The molecule has 38 heavy (non-hydrogen) atoms. The van der Waals surface area contributed by atoms with E-state index >= 15 is 8.78 Å². The second-order valence-corrected chi connectivity index (χ2v) is 12.8. The van der Waals surface area contributed by atoms with Gasteiger partial charge in [-0.15, -0.1) is 0 Å². The van der Waals surface area contributed by atoms with Crippen LogP contribution in [-0.4, -0.2) is 101 Å². The number of alkyl halides is 3. The van der Waals surface area contributed by atoms with E-state index in [4.69, 9.17) is 4.52 Å². The van der Waals surface area contributed by atoms with Gasteiger partial charge in [-0.25, -0.2) is 18.0 Å². The lowest BCUT2D eigenvalue weighted by atomic mass is 9.79. The molecular weight excluding hydrogens is 497 g/mol. The van der Waals surface area contributed by atoms with Gasteiger partial charge in [0.05, 0.1) is 5.92 Å². The average molecular weight is 539 g/mol. The van der Waals surface area contributed by atoms with Crippen molar-refractivity contribution in [1.82, 2.24) is 30.2 Å². The Morgan fingerprint density at radius 1 is 1.16 bits per heavy atom. The number of urea groups is 1. The molecule has 11 heteroatoms. The highest BCUT2D eigenvalue weighted by Crippen LogP contribution is 2.44. The zero-order valence-corrected chi connectivity index (χ0v) is 22.6. The number of aromatic nitrogens is 2. The predicted octanol–water partition coefficient (Wildman–Crippen LogP) is 3.93. The first-order chi connectivity index (χ1) is 18.1. The zero-order valence-electron chi connectivity index (χ0n) is 22.6. The first-order valence-electron chi connectivity index (χ1n) is 14.5. The molecule has 1 aromatic rings. The van der Waals surface area contributed by atoms with Gasteiger partial charge in [0.25, 0.3) is 5.92 Å². The summed E-state index contributed by atoms with van der Waals surface area (Å²) < 4.78 is 49.2. The van der Waals surface area contributed by atoms with Gasteiger partial charge in [0.15, 0.2) is 5.82 Å². The molecule has 5 atom stereocenters. The first kappa shape index (κ1) is 26.3. The lowest BCUT2D eigenvalue weighted by Gasteiger charge is -2.44. The fourth-order valence-electron chi connectivity index (χ4n) is 6.73. The summed E-state index contributed by atoms with van der Waals surface area (Å²) in [5, 5.41) is 6.88. The van der Waals surface area contributed by atoms with E-state index in [1.54, 1.807) is 4.90 Å². The minimum Gasteiger partial charge on any atom is -0.339 e. The molecule has 8 nitrogen and oxygen atoms in total. The number of likely N-dealkylation sites (tertiary alicyclic amines) is 2. The molecular formula is C27H41F3N6O2. The molecule has 212 valence electrons. The summed E-state index contributed by atoms with van der Waals surface area (Å²) in [6, 6.07) is -1.56. The first-order valence-corrected chi connectivity index (χ1v) is 14.5. The molecule has 2 amide bonds. The quantitative estimate of drug-likeness (QED) is 0.567. The molecule has 1 aromatic heterocycles. The van der Waals surface area contributed by atoms with Gasteiger partial charge in [0.1, 0.15) is 12.2 Å². The van der Waals surface area contributed by atoms with Crippen LogP contribution in [0.2, 0.25) is 0 Å². The van der Waals surface area contributed by atoms with Gasteiger partial charge in [-0.3, -0.25) is 4.90 Å². The summed E-state index contributed by atoms with van der Waals surface area (Å²) in [7, 11) is 2.16. The van der Waals surface area contributed by atoms with Gasteiger partial charge < -0.3 is 19.6 Å². The third kappa shape index (κ3) is 5.29. The van der Waals surface area contributed by atoms with E-state index in [-0.39, 0.29) is 18.4 Å². The van der Waals surface area contributed by atoms with E-state index in [1.165, 1.54) is 12.8 Å². The van der Waals surface area contributed by atoms with Crippen molar-refractivity contribution in [1.29, 1.82) is 0 Å². The fourth-order valence-corrected chi connectivity index (χ4v) is 6.73. The average Bonchev–Trinajstić information content (AvgIpc) is 3.70. The van der Waals surface area contributed by atoms with E-state index < -0.39 is 29.6 Å². The molecule has 3 aliphatic carbocycles. The van der Waals surface area contributed by atoms with Gasteiger partial charge >= 0.3 is 6.03 Å². The summed E-state index contributed by atoms with van der Waals surface area (Å²) in [4.78, 5) is 24.0. The van der Waals surface area contributed by atoms with Gasteiger partial charge in [0, 0.05) is 56.6 Å². The van der Waals surface area contributed by atoms with Crippen LogP contribution in [-0.2, 0) is 5.41 Å². The number of carbonyl (C=O) groups excluding carboxylic acids is 1. The van der Waals surface area contributed by atoms with Crippen LogP contribution in [0.25, 0.3) is 0 Å². The van der Waals surface area contributed by atoms with Crippen molar-refractivity contribution in [3.63, 3.8) is 0 Å². The summed E-state index contributed by atoms with van der Waals surface area (Å²) in [6.45, 7) is 5.53. The van der Waals surface area contributed by atoms with Crippen molar-refractivity contribution in [2.45, 2.75) is 106 Å². The van der Waals surface area contributed by atoms with E-state index in [0.717, 1.165) is 32.0 Å². The molecule has 6 rings (SSSR count). The Kier molecular flexibility index (Phi) is 6.90.